The van der Waals surface area contributed by atoms with Crippen LogP contribution in [-0.2, 0) is 14.3 Å². The molecule has 0 saturated carbocycles. The Morgan fingerprint density at radius 2 is 0.712 bits per heavy atom. The van der Waals surface area contributed by atoms with Crippen LogP contribution in [-0.4, -0.2) is 47.4 Å². The molecule has 0 aliphatic carbocycles. The molecule has 0 heterocycles. The van der Waals surface area contributed by atoms with Crippen molar-refractivity contribution in [2.75, 3.05) is 13.2 Å². The van der Waals surface area contributed by atoms with Gasteiger partial charge in [0.15, 0.2) is 0 Å². The van der Waals surface area contributed by atoms with Crippen LogP contribution in [0.15, 0.2) is 12.2 Å². The van der Waals surface area contributed by atoms with Gasteiger partial charge in [-0.25, -0.2) is 0 Å². The lowest BCUT2D eigenvalue weighted by Gasteiger charge is -2.22. The number of aliphatic hydroxyl groups is 2. The van der Waals surface area contributed by atoms with E-state index >= 15 is 0 Å². The average Bonchev–Trinajstić information content (AvgIpc) is 3.32. The molecule has 0 radical (unpaired) electrons. The van der Waals surface area contributed by atoms with E-state index in [0.717, 1.165) is 51.4 Å². The van der Waals surface area contributed by atoms with Gasteiger partial charge >= 0.3 is 5.97 Å². The molecule has 6 heteroatoms. The van der Waals surface area contributed by atoms with Crippen LogP contribution in [0.5, 0.6) is 0 Å². The molecule has 0 aliphatic heterocycles. The summed E-state index contributed by atoms with van der Waals surface area (Å²) in [4.78, 5) is 24.5. The number of esters is 1. The van der Waals surface area contributed by atoms with E-state index in [4.69, 9.17) is 4.74 Å². The highest BCUT2D eigenvalue weighted by Crippen LogP contribution is 2.18. The maximum absolute atomic E-state index is 12.5. The molecule has 2 unspecified atom stereocenters. The molecule has 2 atom stereocenters. The van der Waals surface area contributed by atoms with E-state index in [1.54, 1.807) is 0 Å². The molecule has 0 aromatic carbocycles. The van der Waals surface area contributed by atoms with Crippen molar-refractivity contribution in [1.82, 2.24) is 5.32 Å². The second kappa shape index (κ2) is 56.2. The van der Waals surface area contributed by atoms with Crippen LogP contribution in [0.1, 0.15) is 335 Å². The van der Waals surface area contributed by atoms with E-state index in [2.05, 4.69) is 31.3 Å². The third-order valence-corrected chi connectivity index (χ3v) is 14.1. The third-order valence-electron chi connectivity index (χ3n) is 14.1. The molecule has 0 aromatic heterocycles. The maximum Gasteiger partial charge on any atom is 0.305 e. The highest BCUT2D eigenvalue weighted by Gasteiger charge is 2.20. The minimum atomic E-state index is -0.672. The van der Waals surface area contributed by atoms with Crippen LogP contribution < -0.4 is 5.32 Å². The van der Waals surface area contributed by atoms with Gasteiger partial charge in [0.1, 0.15) is 0 Å². The second-order valence-electron chi connectivity index (χ2n) is 20.7. The van der Waals surface area contributed by atoms with Crippen LogP contribution in [0.3, 0.4) is 0 Å². The Hall–Kier alpha value is -1.40. The zero-order chi connectivity index (χ0) is 47.9. The van der Waals surface area contributed by atoms with Gasteiger partial charge in [0.05, 0.1) is 25.4 Å². The lowest BCUT2D eigenvalue weighted by molar-refractivity contribution is -0.143. The van der Waals surface area contributed by atoms with E-state index in [1.807, 2.05) is 0 Å². The first-order valence-corrected chi connectivity index (χ1v) is 29.9. The number of rotatable bonds is 56. The number of carbonyl (C=O) groups is 2. The predicted octanol–water partition coefficient (Wildman–Crippen LogP) is 18.5. The fraction of sp³-hybridized carbons (Fsp3) is 0.933. The molecule has 0 rings (SSSR count). The largest absolute Gasteiger partial charge is 0.466 e. The van der Waals surface area contributed by atoms with Gasteiger partial charge in [0.25, 0.3) is 0 Å². The van der Waals surface area contributed by atoms with Crippen LogP contribution in [0.2, 0.25) is 0 Å². The first kappa shape index (κ1) is 64.6. The summed E-state index contributed by atoms with van der Waals surface area (Å²) in [7, 11) is 0. The molecule has 0 aromatic rings. The molecule has 0 fully saturated rings. The fourth-order valence-corrected chi connectivity index (χ4v) is 9.46. The number of nitrogens with one attached hydrogen (secondary N) is 1. The molecule has 0 spiro atoms. The summed E-state index contributed by atoms with van der Waals surface area (Å²) in [6.07, 6.45) is 66.3. The first-order valence-electron chi connectivity index (χ1n) is 29.9. The Kier molecular flexibility index (Phi) is 55.0. The smallest absolute Gasteiger partial charge is 0.305 e. The summed E-state index contributed by atoms with van der Waals surface area (Å²) >= 11 is 0. The van der Waals surface area contributed by atoms with Gasteiger partial charge in [-0.3, -0.25) is 9.59 Å². The maximum atomic E-state index is 12.5. The minimum Gasteiger partial charge on any atom is -0.466 e. The van der Waals surface area contributed by atoms with E-state index in [9.17, 15) is 19.8 Å². The molecule has 3 N–H and O–H groups in total. The number of hydrogen-bond acceptors (Lipinski definition) is 5. The number of allylic oxidation sites excluding steroid dienone is 2. The zero-order valence-corrected chi connectivity index (χ0v) is 44.7. The van der Waals surface area contributed by atoms with E-state index in [-0.39, 0.29) is 18.5 Å². The number of ether oxygens (including phenoxy) is 1. The lowest BCUT2D eigenvalue weighted by Crippen LogP contribution is -2.45. The zero-order valence-electron chi connectivity index (χ0n) is 44.7. The first-order chi connectivity index (χ1) is 32.5. The van der Waals surface area contributed by atoms with Gasteiger partial charge < -0.3 is 20.3 Å². The number of aliphatic hydroxyl groups excluding tert-OH is 2. The number of amides is 1. The van der Waals surface area contributed by atoms with Gasteiger partial charge in [-0.1, -0.05) is 283 Å². The predicted molar refractivity (Wildman–Crippen MR) is 287 cm³/mol. The summed E-state index contributed by atoms with van der Waals surface area (Å²) in [6, 6.07) is -0.550. The highest BCUT2D eigenvalue weighted by atomic mass is 16.5. The molecule has 0 aliphatic rings. The van der Waals surface area contributed by atoms with Gasteiger partial charge in [-0.15, -0.1) is 0 Å². The minimum absolute atomic E-state index is 0.00963. The van der Waals surface area contributed by atoms with Crippen LogP contribution in [0, 0.1) is 0 Å². The highest BCUT2D eigenvalue weighted by molar-refractivity contribution is 5.76. The van der Waals surface area contributed by atoms with Gasteiger partial charge in [0.2, 0.25) is 5.91 Å². The molecule has 0 saturated heterocycles. The van der Waals surface area contributed by atoms with Crippen molar-refractivity contribution in [2.24, 2.45) is 0 Å². The molecule has 392 valence electrons. The third kappa shape index (κ3) is 52.0. The summed E-state index contributed by atoms with van der Waals surface area (Å²) in [5.41, 5.74) is 0. The number of hydrogen-bond donors (Lipinski definition) is 3. The van der Waals surface area contributed by atoms with Crippen LogP contribution in [0.4, 0.5) is 0 Å². The summed E-state index contributed by atoms with van der Waals surface area (Å²) in [5.74, 6) is -0.0518. The van der Waals surface area contributed by atoms with Crippen molar-refractivity contribution in [3.05, 3.63) is 12.2 Å². The topological polar surface area (TPSA) is 95.9 Å². The van der Waals surface area contributed by atoms with Crippen LogP contribution >= 0.6 is 0 Å². The monoisotopic (exact) mass is 932 g/mol. The number of carbonyl (C=O) groups excluding carboxylic acids is 2. The molecule has 1 amide bonds. The molecule has 6 nitrogen and oxygen atoms in total. The van der Waals surface area contributed by atoms with Crippen molar-refractivity contribution in [1.29, 1.82) is 0 Å². The van der Waals surface area contributed by atoms with E-state index in [0.29, 0.717) is 25.9 Å². The molecule has 0 bridgehead atoms. The van der Waals surface area contributed by atoms with Gasteiger partial charge in [-0.2, -0.15) is 0 Å². The quantitative estimate of drug-likeness (QED) is 0.0321. The van der Waals surface area contributed by atoms with Gasteiger partial charge in [-0.05, 0) is 51.4 Å². The molecular formula is C60H117NO5. The Bertz CT molecular complexity index is 986. The Morgan fingerprint density at radius 3 is 1.08 bits per heavy atom. The Labute approximate surface area is 412 Å². The lowest BCUT2D eigenvalue weighted by atomic mass is 10.0. The fourth-order valence-electron chi connectivity index (χ4n) is 9.46. The van der Waals surface area contributed by atoms with E-state index in [1.165, 1.54) is 250 Å². The van der Waals surface area contributed by atoms with Crippen molar-refractivity contribution in [3.8, 4) is 0 Å². The Balaban J connectivity index is 3.44. The summed E-state index contributed by atoms with van der Waals surface area (Å²) in [6.45, 7) is 4.94. The standard InChI is InChI=1S/C60H117NO5/c1-3-5-7-9-11-13-15-17-19-20-21-22-23-24-25-28-32-36-40-44-48-52-58(63)57(56-62)61-59(64)53-49-45-41-37-33-29-26-27-31-35-39-43-47-51-55-66-60(65)54-50-46-42-38-34-30-18-16-14-12-10-8-6-4-2/h16,18,57-58,62-63H,3-15,17,19-56H2,1-2H3,(H,61,64)/b18-16-. The SMILES string of the molecule is CCCCCCC/C=C\CCCCCCCC(=O)OCCCCCCCCCCCCCCCCC(=O)NC(CO)C(O)CCCCCCCCCCCCCCCCCCCCCCC. The average molecular weight is 933 g/mol. The van der Waals surface area contributed by atoms with Crippen molar-refractivity contribution in [2.45, 2.75) is 347 Å². The van der Waals surface area contributed by atoms with Crippen molar-refractivity contribution in [3.63, 3.8) is 0 Å². The summed E-state index contributed by atoms with van der Waals surface area (Å²) < 4.78 is 5.47. The van der Waals surface area contributed by atoms with Crippen LogP contribution in [0.25, 0.3) is 0 Å². The summed E-state index contributed by atoms with van der Waals surface area (Å²) in [5, 5.41) is 23.3. The molecule has 66 heavy (non-hydrogen) atoms. The van der Waals surface area contributed by atoms with E-state index < -0.39 is 12.1 Å². The Morgan fingerprint density at radius 1 is 0.409 bits per heavy atom. The van der Waals surface area contributed by atoms with Gasteiger partial charge in [0, 0.05) is 12.8 Å². The second-order valence-corrected chi connectivity index (χ2v) is 20.7. The van der Waals surface area contributed by atoms with Crippen molar-refractivity contribution < 1.29 is 24.5 Å². The molecular weight excluding hydrogens is 815 g/mol. The normalized spacial score (nSPS) is 12.6. The number of unbranched alkanes of at least 4 members (excludes halogenated alkanes) is 43. The van der Waals surface area contributed by atoms with Crippen molar-refractivity contribution >= 4 is 11.9 Å².